The number of benzene rings is 2. The number of nitrogens with two attached hydrogens (primary N) is 1. The molecular formula is C33H40N8O. The average Bonchev–Trinajstić information content (AvgIpc) is 3.63. The van der Waals surface area contributed by atoms with Gasteiger partial charge in [0, 0.05) is 89.0 Å². The summed E-state index contributed by atoms with van der Waals surface area (Å²) in [7, 11) is 4.06. The molecular weight excluding hydrogens is 524 g/mol. The lowest BCUT2D eigenvalue weighted by Crippen LogP contribution is -2.43. The third kappa shape index (κ3) is 6.70. The van der Waals surface area contributed by atoms with Gasteiger partial charge in [-0.05, 0) is 53.9 Å². The van der Waals surface area contributed by atoms with E-state index in [-0.39, 0.29) is 17.8 Å². The second-order valence-electron chi connectivity index (χ2n) is 11.7. The van der Waals surface area contributed by atoms with Crippen molar-refractivity contribution in [1.82, 2.24) is 34.8 Å². The van der Waals surface area contributed by atoms with Gasteiger partial charge in [0.15, 0.2) is 0 Å². The Labute approximate surface area is 247 Å². The predicted molar refractivity (Wildman–Crippen MR) is 167 cm³/mol. The molecule has 9 heteroatoms. The smallest absolute Gasteiger partial charge is 0.255 e. The Morgan fingerprint density at radius 3 is 2.21 bits per heavy atom. The van der Waals surface area contributed by atoms with Gasteiger partial charge < -0.3 is 16.0 Å². The molecule has 4 aromatic rings. The lowest BCUT2D eigenvalue weighted by Gasteiger charge is -2.32. The molecule has 2 fully saturated rings. The number of carbonyl (C=O) groups is 1. The highest BCUT2D eigenvalue weighted by Gasteiger charge is 2.25. The van der Waals surface area contributed by atoms with Crippen LogP contribution in [0.2, 0.25) is 0 Å². The van der Waals surface area contributed by atoms with Crippen molar-refractivity contribution in [3.63, 3.8) is 0 Å². The molecule has 2 aliphatic heterocycles. The van der Waals surface area contributed by atoms with Crippen LogP contribution in [-0.4, -0.2) is 87.7 Å². The Morgan fingerprint density at radius 2 is 1.55 bits per heavy atom. The van der Waals surface area contributed by atoms with Crippen LogP contribution < -0.4 is 11.1 Å². The van der Waals surface area contributed by atoms with Crippen LogP contribution in [0.4, 0.5) is 5.82 Å². The van der Waals surface area contributed by atoms with Gasteiger partial charge in [0.1, 0.15) is 5.82 Å². The number of nitrogens with zero attached hydrogens (tertiary/aromatic N) is 6. The Kier molecular flexibility index (Phi) is 8.32. The summed E-state index contributed by atoms with van der Waals surface area (Å²) < 4.78 is 1.72. The van der Waals surface area contributed by atoms with E-state index in [0.29, 0.717) is 5.56 Å². The zero-order valence-electron chi connectivity index (χ0n) is 24.5. The Balaban J connectivity index is 1.06. The van der Waals surface area contributed by atoms with E-state index in [0.717, 1.165) is 69.9 Å². The third-order valence-corrected chi connectivity index (χ3v) is 8.40. The summed E-state index contributed by atoms with van der Waals surface area (Å²) in [6, 6.07) is 19.7. The van der Waals surface area contributed by atoms with Crippen molar-refractivity contribution in [2.75, 3.05) is 52.0 Å². The van der Waals surface area contributed by atoms with Gasteiger partial charge >= 0.3 is 0 Å². The molecule has 0 spiro atoms. The average molecular weight is 565 g/mol. The Bertz CT molecular complexity index is 1540. The second-order valence-corrected chi connectivity index (χ2v) is 11.7. The molecule has 2 aromatic carbocycles. The maximum Gasteiger partial charge on any atom is 0.255 e. The SMILES string of the molecule is CN1CCN(Cc2cccc(-c3cccc(CN4CC[C@@H](NC(=O)c5cc(-c6cnn(C)c6)cnc5N)C4)c3)c2)CC1. The highest BCUT2D eigenvalue weighted by molar-refractivity contribution is 5.99. The minimum absolute atomic E-state index is 0.0633. The van der Waals surface area contributed by atoms with Crippen molar-refractivity contribution in [1.29, 1.82) is 0 Å². The molecule has 0 unspecified atom stereocenters. The first-order valence-corrected chi connectivity index (χ1v) is 14.8. The monoisotopic (exact) mass is 564 g/mol. The van der Waals surface area contributed by atoms with Crippen molar-refractivity contribution >= 4 is 11.7 Å². The zero-order chi connectivity index (χ0) is 29.1. The Hall–Kier alpha value is -4.05. The summed E-state index contributed by atoms with van der Waals surface area (Å²) in [6.07, 6.45) is 6.22. The van der Waals surface area contributed by atoms with Crippen molar-refractivity contribution in [2.24, 2.45) is 7.05 Å². The molecule has 1 amide bonds. The van der Waals surface area contributed by atoms with E-state index in [9.17, 15) is 4.79 Å². The largest absolute Gasteiger partial charge is 0.383 e. The van der Waals surface area contributed by atoms with Crippen LogP contribution >= 0.6 is 0 Å². The number of amides is 1. The maximum absolute atomic E-state index is 13.2. The van der Waals surface area contributed by atoms with Crippen LogP contribution in [0.5, 0.6) is 0 Å². The number of aromatic nitrogens is 3. The number of piperazine rings is 1. The number of carbonyl (C=O) groups excluding carboxylic acids is 1. The number of nitrogens with one attached hydrogen (secondary N) is 1. The highest BCUT2D eigenvalue weighted by Crippen LogP contribution is 2.25. The number of nitrogen functional groups attached to an aromatic ring is 1. The van der Waals surface area contributed by atoms with Crippen LogP contribution in [0.15, 0.2) is 73.2 Å². The van der Waals surface area contributed by atoms with E-state index in [1.165, 1.54) is 22.3 Å². The number of pyridine rings is 1. The number of hydrogen-bond donors (Lipinski definition) is 2. The number of hydrogen-bond acceptors (Lipinski definition) is 7. The molecule has 2 aromatic heterocycles. The zero-order valence-corrected chi connectivity index (χ0v) is 24.5. The number of likely N-dealkylation sites (N-methyl/N-ethyl adjacent to an activating group) is 1. The van der Waals surface area contributed by atoms with Gasteiger partial charge in [-0.1, -0.05) is 36.4 Å². The number of likely N-dealkylation sites (tertiary alicyclic amines) is 1. The summed E-state index contributed by atoms with van der Waals surface area (Å²) in [6.45, 7) is 8.08. The van der Waals surface area contributed by atoms with Crippen molar-refractivity contribution in [2.45, 2.75) is 25.6 Å². The lowest BCUT2D eigenvalue weighted by molar-refractivity contribution is 0.0938. The molecule has 0 radical (unpaired) electrons. The summed E-state index contributed by atoms with van der Waals surface area (Å²) in [5, 5.41) is 7.40. The molecule has 0 bridgehead atoms. The van der Waals surface area contributed by atoms with Gasteiger partial charge in [0.2, 0.25) is 0 Å². The van der Waals surface area contributed by atoms with Gasteiger partial charge in [-0.15, -0.1) is 0 Å². The van der Waals surface area contributed by atoms with Crippen LogP contribution in [0.3, 0.4) is 0 Å². The first kappa shape index (κ1) is 28.1. The van der Waals surface area contributed by atoms with Crippen molar-refractivity contribution in [3.8, 4) is 22.3 Å². The maximum atomic E-state index is 13.2. The molecule has 218 valence electrons. The van der Waals surface area contributed by atoms with Gasteiger partial charge in [-0.2, -0.15) is 5.10 Å². The number of rotatable bonds is 8. The van der Waals surface area contributed by atoms with Gasteiger partial charge in [0.05, 0.1) is 11.8 Å². The van der Waals surface area contributed by atoms with Gasteiger partial charge in [-0.3, -0.25) is 19.3 Å². The van der Waals surface area contributed by atoms with Gasteiger partial charge in [-0.25, -0.2) is 4.98 Å². The minimum Gasteiger partial charge on any atom is -0.383 e. The summed E-state index contributed by atoms with van der Waals surface area (Å²) >= 11 is 0. The quantitative estimate of drug-likeness (QED) is 0.338. The predicted octanol–water partition coefficient (Wildman–Crippen LogP) is 3.48. The highest BCUT2D eigenvalue weighted by atomic mass is 16.1. The molecule has 0 saturated carbocycles. The fraction of sp³-hybridized carbons (Fsp3) is 0.364. The summed E-state index contributed by atoms with van der Waals surface area (Å²) in [5.41, 5.74) is 13.4. The van der Waals surface area contributed by atoms with E-state index in [2.05, 4.69) is 85.7 Å². The Morgan fingerprint density at radius 1 is 0.857 bits per heavy atom. The lowest BCUT2D eigenvalue weighted by atomic mass is 10.0. The molecule has 2 saturated heterocycles. The van der Waals surface area contributed by atoms with E-state index in [4.69, 9.17) is 5.73 Å². The van der Waals surface area contributed by atoms with E-state index < -0.39 is 0 Å². The van der Waals surface area contributed by atoms with E-state index in [1.807, 2.05) is 13.2 Å². The summed E-state index contributed by atoms with van der Waals surface area (Å²) in [4.78, 5) is 24.8. The van der Waals surface area contributed by atoms with E-state index in [1.54, 1.807) is 23.1 Å². The minimum atomic E-state index is -0.184. The number of aryl methyl sites for hydroxylation is 1. The third-order valence-electron chi connectivity index (χ3n) is 8.40. The van der Waals surface area contributed by atoms with Gasteiger partial charge in [0.25, 0.3) is 5.91 Å². The molecule has 4 heterocycles. The molecule has 0 aliphatic carbocycles. The van der Waals surface area contributed by atoms with Crippen LogP contribution in [0, 0.1) is 0 Å². The topological polar surface area (TPSA) is 95.5 Å². The summed E-state index contributed by atoms with van der Waals surface area (Å²) in [5.74, 6) is 0.0513. The molecule has 2 aliphatic rings. The van der Waals surface area contributed by atoms with Crippen molar-refractivity contribution in [3.05, 3.63) is 89.9 Å². The molecule has 3 N–H and O–H groups in total. The van der Waals surface area contributed by atoms with Crippen LogP contribution in [-0.2, 0) is 20.1 Å². The van der Waals surface area contributed by atoms with E-state index >= 15 is 0 Å². The molecule has 6 rings (SSSR count). The second kappa shape index (κ2) is 12.4. The normalized spacial score (nSPS) is 18.4. The van der Waals surface area contributed by atoms with Crippen molar-refractivity contribution < 1.29 is 4.79 Å². The first-order chi connectivity index (χ1) is 20.4. The van der Waals surface area contributed by atoms with Crippen LogP contribution in [0.1, 0.15) is 27.9 Å². The fourth-order valence-electron chi connectivity index (χ4n) is 5.96. The molecule has 1 atom stereocenters. The van der Waals surface area contributed by atoms with Crippen LogP contribution in [0.25, 0.3) is 22.3 Å². The number of anilines is 1. The molecule has 9 nitrogen and oxygen atoms in total. The first-order valence-electron chi connectivity index (χ1n) is 14.8. The molecule has 42 heavy (non-hydrogen) atoms. The fourth-order valence-corrected chi connectivity index (χ4v) is 5.96. The standard InChI is InChI=1S/C33H40N8O/c1-38-11-13-40(14-12-38)20-24-5-3-7-26(15-24)27-8-4-6-25(16-27)21-41-10-9-30(23-41)37-33(42)31-17-28(18-35-32(31)34)29-19-36-39(2)22-29/h3-8,15-19,22,30H,9-14,20-21,23H2,1-2H3,(H2,34,35)(H,37,42)/t30-/m1/s1.